The van der Waals surface area contributed by atoms with Crippen LogP contribution in [0, 0.1) is 0 Å². The summed E-state index contributed by atoms with van der Waals surface area (Å²) < 4.78 is 0. The number of likely N-dealkylation sites (tertiary alicyclic amines) is 1. The molecular formula is C13H18N2O2. The molecule has 1 atom stereocenters. The molecule has 1 heterocycles. The summed E-state index contributed by atoms with van der Waals surface area (Å²) in [5.74, 6) is -0.296. The largest absolute Gasteiger partial charge is 0.296 e. The van der Waals surface area contributed by atoms with Gasteiger partial charge in [0.1, 0.15) is 0 Å². The van der Waals surface area contributed by atoms with Crippen molar-refractivity contribution in [2.75, 3.05) is 6.54 Å². The van der Waals surface area contributed by atoms with Gasteiger partial charge in [0.25, 0.3) is 0 Å². The van der Waals surface area contributed by atoms with E-state index in [1.807, 2.05) is 18.2 Å². The quantitative estimate of drug-likeness (QED) is 0.614. The predicted octanol–water partition coefficient (Wildman–Crippen LogP) is 1.55. The maximum absolute atomic E-state index is 11.2. The van der Waals surface area contributed by atoms with E-state index in [9.17, 15) is 4.79 Å². The smallest absolute Gasteiger partial charge is 0.244 e. The highest BCUT2D eigenvalue weighted by Crippen LogP contribution is 2.22. The fraction of sp³-hybridized carbons (Fsp3) is 0.462. The second-order valence-electron chi connectivity index (χ2n) is 4.49. The van der Waals surface area contributed by atoms with Gasteiger partial charge in [-0.15, -0.1) is 0 Å². The van der Waals surface area contributed by atoms with E-state index in [0.29, 0.717) is 6.42 Å². The molecule has 2 rings (SSSR count). The van der Waals surface area contributed by atoms with Crippen molar-refractivity contribution in [3.05, 3.63) is 35.9 Å². The molecule has 4 heteroatoms. The van der Waals surface area contributed by atoms with Crippen LogP contribution >= 0.6 is 0 Å². The molecule has 1 aliphatic rings. The maximum atomic E-state index is 11.2. The molecule has 0 aromatic heterocycles. The third-order valence-electron chi connectivity index (χ3n) is 3.27. The molecule has 1 amide bonds. The van der Waals surface area contributed by atoms with E-state index in [1.54, 1.807) is 5.48 Å². The summed E-state index contributed by atoms with van der Waals surface area (Å²) in [6.07, 6.45) is 2.53. The Morgan fingerprint density at radius 1 is 1.41 bits per heavy atom. The molecule has 1 aromatic carbocycles. The van der Waals surface area contributed by atoms with E-state index in [0.717, 1.165) is 25.9 Å². The summed E-state index contributed by atoms with van der Waals surface area (Å²) in [5, 5.41) is 8.55. The van der Waals surface area contributed by atoms with Crippen molar-refractivity contribution in [3.63, 3.8) is 0 Å². The van der Waals surface area contributed by atoms with E-state index < -0.39 is 0 Å². The number of carbonyl (C=O) groups excluding carboxylic acids is 1. The molecule has 17 heavy (non-hydrogen) atoms. The zero-order valence-corrected chi connectivity index (χ0v) is 9.80. The van der Waals surface area contributed by atoms with Crippen molar-refractivity contribution >= 4 is 5.91 Å². The number of hydrogen-bond donors (Lipinski definition) is 2. The van der Waals surface area contributed by atoms with Crippen molar-refractivity contribution in [1.82, 2.24) is 10.4 Å². The second kappa shape index (κ2) is 5.80. The van der Waals surface area contributed by atoms with Gasteiger partial charge in [-0.3, -0.25) is 14.9 Å². The Balaban J connectivity index is 1.93. The van der Waals surface area contributed by atoms with Crippen molar-refractivity contribution in [3.8, 4) is 0 Å². The normalized spacial score (nSPS) is 20.4. The van der Waals surface area contributed by atoms with Crippen LogP contribution < -0.4 is 5.48 Å². The fourth-order valence-corrected chi connectivity index (χ4v) is 2.41. The lowest BCUT2D eigenvalue weighted by atomic mass is 10.1. The molecule has 1 fully saturated rings. The zero-order chi connectivity index (χ0) is 12.1. The first-order chi connectivity index (χ1) is 8.29. The lowest BCUT2D eigenvalue weighted by molar-refractivity contribution is -0.130. The molecule has 1 saturated heterocycles. The van der Waals surface area contributed by atoms with Gasteiger partial charge in [0.15, 0.2) is 0 Å². The van der Waals surface area contributed by atoms with Crippen LogP contribution in [0.2, 0.25) is 0 Å². The number of nitrogens with zero attached hydrogens (tertiary/aromatic N) is 1. The third kappa shape index (κ3) is 3.28. The van der Waals surface area contributed by atoms with Gasteiger partial charge in [-0.2, -0.15) is 0 Å². The predicted molar refractivity (Wildman–Crippen MR) is 64.4 cm³/mol. The highest BCUT2D eigenvalue weighted by molar-refractivity contribution is 5.75. The van der Waals surface area contributed by atoms with Crippen LogP contribution in [0.3, 0.4) is 0 Å². The first-order valence-corrected chi connectivity index (χ1v) is 6.00. The minimum absolute atomic E-state index is 0.252. The Kier molecular flexibility index (Phi) is 4.12. The van der Waals surface area contributed by atoms with Crippen LogP contribution in [0.1, 0.15) is 24.8 Å². The molecule has 1 unspecified atom stereocenters. The topological polar surface area (TPSA) is 52.6 Å². The van der Waals surface area contributed by atoms with E-state index in [4.69, 9.17) is 5.21 Å². The van der Waals surface area contributed by atoms with E-state index in [1.165, 1.54) is 5.56 Å². The van der Waals surface area contributed by atoms with E-state index in [2.05, 4.69) is 17.0 Å². The number of nitrogens with one attached hydrogen (secondary N) is 1. The number of amides is 1. The van der Waals surface area contributed by atoms with Gasteiger partial charge in [0.05, 0.1) is 0 Å². The molecule has 0 bridgehead atoms. The minimum atomic E-state index is -0.296. The van der Waals surface area contributed by atoms with Gasteiger partial charge in [-0.25, -0.2) is 5.48 Å². The van der Waals surface area contributed by atoms with Crippen LogP contribution in [0.15, 0.2) is 30.3 Å². The number of hydrogen-bond acceptors (Lipinski definition) is 3. The SMILES string of the molecule is O=C(CC1CCCN1Cc1ccccc1)NO. The Bertz CT molecular complexity index is 367. The van der Waals surface area contributed by atoms with Gasteiger partial charge in [0.2, 0.25) is 5.91 Å². The van der Waals surface area contributed by atoms with Gasteiger partial charge in [0, 0.05) is 19.0 Å². The monoisotopic (exact) mass is 234 g/mol. The van der Waals surface area contributed by atoms with Crippen molar-refractivity contribution < 1.29 is 10.0 Å². The average molecular weight is 234 g/mol. The molecule has 0 aliphatic carbocycles. The van der Waals surface area contributed by atoms with Crippen molar-refractivity contribution in [1.29, 1.82) is 0 Å². The zero-order valence-electron chi connectivity index (χ0n) is 9.80. The highest BCUT2D eigenvalue weighted by atomic mass is 16.5. The van der Waals surface area contributed by atoms with Crippen LogP contribution in [-0.4, -0.2) is 28.6 Å². The number of rotatable bonds is 4. The second-order valence-corrected chi connectivity index (χ2v) is 4.49. The highest BCUT2D eigenvalue weighted by Gasteiger charge is 2.26. The lowest BCUT2D eigenvalue weighted by Crippen LogP contribution is -2.34. The maximum Gasteiger partial charge on any atom is 0.244 e. The van der Waals surface area contributed by atoms with Gasteiger partial charge >= 0.3 is 0 Å². The van der Waals surface area contributed by atoms with Gasteiger partial charge in [-0.05, 0) is 24.9 Å². The molecule has 2 N–H and O–H groups in total. The number of benzene rings is 1. The Morgan fingerprint density at radius 2 is 2.18 bits per heavy atom. The Hall–Kier alpha value is -1.39. The summed E-state index contributed by atoms with van der Waals surface area (Å²) in [7, 11) is 0. The van der Waals surface area contributed by atoms with Crippen LogP contribution in [0.4, 0.5) is 0 Å². The molecule has 1 aromatic rings. The number of carbonyl (C=O) groups is 1. The first kappa shape index (κ1) is 12.1. The molecule has 0 saturated carbocycles. The van der Waals surface area contributed by atoms with E-state index >= 15 is 0 Å². The third-order valence-corrected chi connectivity index (χ3v) is 3.27. The van der Waals surface area contributed by atoms with Crippen molar-refractivity contribution in [2.24, 2.45) is 0 Å². The van der Waals surface area contributed by atoms with Crippen LogP contribution in [0.5, 0.6) is 0 Å². The molecule has 0 spiro atoms. The lowest BCUT2D eigenvalue weighted by Gasteiger charge is -2.23. The Labute approximate surface area is 101 Å². The Morgan fingerprint density at radius 3 is 2.88 bits per heavy atom. The molecule has 4 nitrogen and oxygen atoms in total. The summed E-state index contributed by atoms with van der Waals surface area (Å²) in [5.41, 5.74) is 2.98. The molecule has 0 radical (unpaired) electrons. The number of hydroxylamine groups is 1. The molecular weight excluding hydrogens is 216 g/mol. The summed E-state index contributed by atoms with van der Waals surface area (Å²) >= 11 is 0. The summed E-state index contributed by atoms with van der Waals surface area (Å²) in [6, 6.07) is 10.5. The van der Waals surface area contributed by atoms with Gasteiger partial charge in [-0.1, -0.05) is 30.3 Å². The fourth-order valence-electron chi connectivity index (χ4n) is 2.41. The summed E-state index contributed by atoms with van der Waals surface area (Å²) in [6.45, 7) is 1.91. The van der Waals surface area contributed by atoms with Crippen LogP contribution in [0.25, 0.3) is 0 Å². The first-order valence-electron chi connectivity index (χ1n) is 6.00. The standard InChI is InChI=1S/C13H18N2O2/c16-13(14-17)9-12-7-4-8-15(12)10-11-5-2-1-3-6-11/h1-3,5-6,12,17H,4,7-10H2,(H,14,16). The summed E-state index contributed by atoms with van der Waals surface area (Å²) in [4.78, 5) is 13.5. The molecule has 1 aliphatic heterocycles. The molecule has 92 valence electrons. The average Bonchev–Trinajstić information content (AvgIpc) is 2.78. The van der Waals surface area contributed by atoms with Gasteiger partial charge < -0.3 is 0 Å². The minimum Gasteiger partial charge on any atom is -0.296 e. The van der Waals surface area contributed by atoms with E-state index in [-0.39, 0.29) is 11.9 Å². The van der Waals surface area contributed by atoms with Crippen molar-refractivity contribution in [2.45, 2.75) is 31.8 Å². The van der Waals surface area contributed by atoms with Crippen LogP contribution in [-0.2, 0) is 11.3 Å².